The molecule has 2 aliphatic rings. The third-order valence-corrected chi connectivity index (χ3v) is 6.80. The maximum absolute atomic E-state index is 13.2. The molecule has 1 aromatic heterocycles. The lowest BCUT2D eigenvalue weighted by molar-refractivity contribution is -0.135. The number of aromatic nitrogens is 2. The summed E-state index contributed by atoms with van der Waals surface area (Å²) in [5.74, 6) is 0.399. The van der Waals surface area contributed by atoms with E-state index in [0.717, 1.165) is 26.9 Å². The lowest BCUT2D eigenvalue weighted by atomic mass is 9.70. The van der Waals surface area contributed by atoms with Gasteiger partial charge in [-0.3, -0.25) is 14.8 Å². The molecule has 3 aromatic rings. The van der Waals surface area contributed by atoms with Gasteiger partial charge in [-0.15, -0.1) is 0 Å². The zero-order chi connectivity index (χ0) is 21.1. The summed E-state index contributed by atoms with van der Waals surface area (Å²) in [4.78, 5) is 14.7. The van der Waals surface area contributed by atoms with Crippen LogP contribution in [0.2, 0.25) is 0 Å². The van der Waals surface area contributed by atoms with Crippen LogP contribution >= 0.6 is 15.9 Å². The van der Waals surface area contributed by atoms with Gasteiger partial charge in [0.2, 0.25) is 5.91 Å². The first-order valence-electron chi connectivity index (χ1n) is 10.2. The van der Waals surface area contributed by atoms with Crippen molar-refractivity contribution in [2.75, 3.05) is 4.90 Å². The lowest BCUT2D eigenvalue weighted by Crippen LogP contribution is -2.61. The number of aliphatic hydroxyl groups is 1. The number of amides is 1. The molecule has 2 aliphatic heterocycles. The van der Waals surface area contributed by atoms with Gasteiger partial charge in [-0.2, -0.15) is 5.10 Å². The molecule has 2 aromatic carbocycles. The maximum Gasteiger partial charge on any atom is 0.231 e. The fourth-order valence-corrected chi connectivity index (χ4v) is 5.45. The van der Waals surface area contributed by atoms with Gasteiger partial charge in [0.25, 0.3) is 0 Å². The van der Waals surface area contributed by atoms with Crippen molar-refractivity contribution in [1.29, 1.82) is 0 Å². The molecule has 0 radical (unpaired) electrons. The number of H-pyrrole nitrogens is 1. The van der Waals surface area contributed by atoms with Crippen LogP contribution in [0, 0.1) is 5.41 Å². The second-order valence-corrected chi connectivity index (χ2v) is 10.2. The molecule has 0 saturated carbocycles. The van der Waals surface area contributed by atoms with E-state index in [1.54, 1.807) is 4.90 Å². The van der Waals surface area contributed by atoms with Crippen molar-refractivity contribution in [3.63, 3.8) is 0 Å². The van der Waals surface area contributed by atoms with Crippen LogP contribution in [-0.4, -0.2) is 26.9 Å². The second kappa shape index (κ2) is 6.79. The van der Waals surface area contributed by atoms with E-state index in [9.17, 15) is 9.90 Å². The Kier molecular flexibility index (Phi) is 4.42. The number of anilines is 1. The van der Waals surface area contributed by atoms with Crippen molar-refractivity contribution in [3.8, 4) is 11.3 Å². The van der Waals surface area contributed by atoms with Crippen LogP contribution in [0.25, 0.3) is 11.3 Å². The highest BCUT2D eigenvalue weighted by Gasteiger charge is 2.55. The molecular weight excluding hydrogens is 442 g/mol. The Morgan fingerprint density at radius 3 is 2.53 bits per heavy atom. The molecule has 154 valence electrons. The summed E-state index contributed by atoms with van der Waals surface area (Å²) in [5.41, 5.74) is 2.47. The van der Waals surface area contributed by atoms with E-state index in [2.05, 4.69) is 38.3 Å². The molecule has 6 heteroatoms. The smallest absolute Gasteiger partial charge is 0.231 e. The van der Waals surface area contributed by atoms with Crippen molar-refractivity contribution < 1.29 is 9.90 Å². The van der Waals surface area contributed by atoms with Crippen LogP contribution in [0.3, 0.4) is 0 Å². The topological polar surface area (TPSA) is 69.2 Å². The molecule has 0 bridgehead atoms. The highest BCUT2D eigenvalue weighted by atomic mass is 79.9. The van der Waals surface area contributed by atoms with E-state index in [4.69, 9.17) is 0 Å². The number of nitrogens with one attached hydrogen (secondary N) is 1. The van der Waals surface area contributed by atoms with Gasteiger partial charge >= 0.3 is 0 Å². The molecule has 1 amide bonds. The molecule has 0 spiro atoms. The molecule has 5 rings (SSSR count). The third kappa shape index (κ3) is 3.10. The van der Waals surface area contributed by atoms with E-state index in [1.165, 1.54) is 0 Å². The van der Waals surface area contributed by atoms with Crippen LogP contribution in [0.4, 0.5) is 5.82 Å². The Morgan fingerprint density at radius 1 is 1.13 bits per heavy atom. The van der Waals surface area contributed by atoms with Crippen molar-refractivity contribution >= 4 is 27.7 Å². The second-order valence-electron chi connectivity index (χ2n) is 9.24. The summed E-state index contributed by atoms with van der Waals surface area (Å²) < 4.78 is 1.01. The number of rotatable bonds is 2. The SMILES string of the molecule is CC1(C)CC(=O)N2c3n[nH]c(-c4ccccc4)c3[C@@H](c3ccc(Br)cc3)C[C@@]2(O)C1. The standard InChI is InChI=1S/C24H24BrN3O2/c1-23(2)13-19(29)28-22-20(21(26-27-22)16-6-4-3-5-7-16)18(12-24(28,30)14-23)15-8-10-17(25)11-9-15/h3-11,18,30H,12-14H2,1-2H3,(H,26,27)/t18-,24-/m1/s1. The van der Waals surface area contributed by atoms with Crippen molar-refractivity contribution in [1.82, 2.24) is 10.2 Å². The highest BCUT2D eigenvalue weighted by Crippen LogP contribution is 2.54. The molecule has 3 heterocycles. The van der Waals surface area contributed by atoms with Crippen LogP contribution in [0.1, 0.15) is 50.2 Å². The zero-order valence-electron chi connectivity index (χ0n) is 17.0. The molecule has 5 nitrogen and oxygen atoms in total. The molecule has 2 atom stereocenters. The maximum atomic E-state index is 13.2. The molecule has 1 saturated heterocycles. The minimum Gasteiger partial charge on any atom is -0.370 e. The fourth-order valence-electron chi connectivity index (χ4n) is 5.18. The normalized spacial score (nSPS) is 25.0. The van der Waals surface area contributed by atoms with Gasteiger partial charge in [0.1, 0.15) is 5.72 Å². The number of benzene rings is 2. The van der Waals surface area contributed by atoms with E-state index in [0.29, 0.717) is 25.1 Å². The van der Waals surface area contributed by atoms with E-state index >= 15 is 0 Å². The number of nitrogens with zero attached hydrogens (tertiary/aromatic N) is 2. The number of carbonyl (C=O) groups excluding carboxylic acids is 1. The molecule has 1 fully saturated rings. The summed E-state index contributed by atoms with van der Waals surface area (Å²) in [6.07, 6.45) is 1.35. The quantitative estimate of drug-likeness (QED) is 0.545. The van der Waals surface area contributed by atoms with Gasteiger partial charge in [0.15, 0.2) is 5.82 Å². The summed E-state index contributed by atoms with van der Waals surface area (Å²) >= 11 is 3.51. The number of hydrogen-bond acceptors (Lipinski definition) is 3. The molecule has 30 heavy (non-hydrogen) atoms. The number of hydrogen-bond donors (Lipinski definition) is 2. The van der Waals surface area contributed by atoms with Gasteiger partial charge in [-0.05, 0) is 28.7 Å². The first-order valence-corrected chi connectivity index (χ1v) is 11.0. The summed E-state index contributed by atoms with van der Waals surface area (Å²) in [5, 5.41) is 19.5. The molecule has 2 N–H and O–H groups in total. The van der Waals surface area contributed by atoms with E-state index < -0.39 is 5.72 Å². The first-order chi connectivity index (χ1) is 14.3. The van der Waals surface area contributed by atoms with Crippen molar-refractivity contribution in [3.05, 3.63) is 70.2 Å². The van der Waals surface area contributed by atoms with Crippen LogP contribution in [0.15, 0.2) is 59.1 Å². The highest BCUT2D eigenvalue weighted by molar-refractivity contribution is 9.10. The average Bonchev–Trinajstić information content (AvgIpc) is 3.11. The van der Waals surface area contributed by atoms with Gasteiger partial charge < -0.3 is 5.11 Å². The fraction of sp³-hybridized carbons (Fsp3) is 0.333. The average molecular weight is 466 g/mol. The molecule has 0 aliphatic carbocycles. The predicted octanol–water partition coefficient (Wildman–Crippen LogP) is 5.22. The predicted molar refractivity (Wildman–Crippen MR) is 120 cm³/mol. The summed E-state index contributed by atoms with van der Waals surface area (Å²) in [6.45, 7) is 4.09. The van der Waals surface area contributed by atoms with Crippen LogP contribution in [-0.2, 0) is 4.79 Å². The Hall–Kier alpha value is -2.44. The van der Waals surface area contributed by atoms with Gasteiger partial charge in [-0.25, -0.2) is 0 Å². The zero-order valence-corrected chi connectivity index (χ0v) is 18.6. The van der Waals surface area contributed by atoms with Crippen LogP contribution in [0.5, 0.6) is 0 Å². The largest absolute Gasteiger partial charge is 0.370 e. The van der Waals surface area contributed by atoms with Gasteiger partial charge in [0.05, 0.1) is 5.69 Å². The number of aromatic amines is 1. The number of piperidine rings is 1. The molecule has 0 unspecified atom stereocenters. The third-order valence-electron chi connectivity index (χ3n) is 6.27. The Balaban J connectivity index is 1.72. The molecular formula is C24H24BrN3O2. The van der Waals surface area contributed by atoms with Gasteiger partial charge in [0, 0.05) is 35.2 Å². The lowest BCUT2D eigenvalue weighted by Gasteiger charge is -2.52. The van der Waals surface area contributed by atoms with Gasteiger partial charge in [-0.1, -0.05) is 72.2 Å². The minimum absolute atomic E-state index is 0.0737. The summed E-state index contributed by atoms with van der Waals surface area (Å²) in [6, 6.07) is 18.2. The Labute approximate surface area is 184 Å². The van der Waals surface area contributed by atoms with Crippen molar-refractivity contribution in [2.24, 2.45) is 5.41 Å². The van der Waals surface area contributed by atoms with E-state index in [1.807, 2.05) is 56.3 Å². The minimum atomic E-state index is -1.26. The summed E-state index contributed by atoms with van der Waals surface area (Å²) in [7, 11) is 0. The number of carbonyl (C=O) groups is 1. The number of fused-ring (bicyclic) bond motifs is 3. The van der Waals surface area contributed by atoms with Crippen LogP contribution < -0.4 is 4.90 Å². The number of halogens is 1. The van der Waals surface area contributed by atoms with Crippen molar-refractivity contribution in [2.45, 2.75) is 44.8 Å². The Morgan fingerprint density at radius 2 is 1.83 bits per heavy atom. The Bertz CT molecular complexity index is 1110. The van der Waals surface area contributed by atoms with E-state index in [-0.39, 0.29) is 17.2 Å². The first kappa shape index (κ1) is 19.5. The monoisotopic (exact) mass is 465 g/mol.